The van der Waals surface area contributed by atoms with Crippen molar-refractivity contribution in [2.75, 3.05) is 0 Å². The molecule has 0 heterocycles. The van der Waals surface area contributed by atoms with Crippen molar-refractivity contribution in [2.24, 2.45) is 0 Å². The van der Waals surface area contributed by atoms with Crippen LogP contribution in [0.1, 0.15) is 5.56 Å². The molecule has 0 saturated carbocycles. The molecule has 0 amide bonds. The van der Waals surface area contributed by atoms with Gasteiger partial charge >= 0.3 is 0 Å². The first-order chi connectivity index (χ1) is 8.69. The summed E-state index contributed by atoms with van der Waals surface area (Å²) in [6.07, 6.45) is 5.59. The van der Waals surface area contributed by atoms with Crippen molar-refractivity contribution in [1.82, 2.24) is 0 Å². The van der Waals surface area contributed by atoms with E-state index in [1.54, 1.807) is 12.1 Å². The highest BCUT2D eigenvalue weighted by molar-refractivity contribution is 5.36. The molecule has 2 aromatic carbocycles. The Hall–Kier alpha value is -2.34. The summed E-state index contributed by atoms with van der Waals surface area (Å²) in [5.41, 5.74) is 0.788. The van der Waals surface area contributed by atoms with Crippen LogP contribution in [-0.4, -0.2) is 0 Å². The molecule has 0 aromatic heterocycles. The molecular formula is C15H10F2O. The van der Waals surface area contributed by atoms with Gasteiger partial charge in [0.15, 0.2) is 11.6 Å². The van der Waals surface area contributed by atoms with Crippen molar-refractivity contribution in [3.63, 3.8) is 0 Å². The standard InChI is InChI=1S/C15H10F2O/c1-2-3-11-4-9-14(17)15(10-11)18-13-7-5-12(16)6-8-13/h1,4-10H,3H2. The molecule has 0 radical (unpaired) electrons. The van der Waals surface area contributed by atoms with Crippen LogP contribution < -0.4 is 4.74 Å². The summed E-state index contributed by atoms with van der Waals surface area (Å²) in [4.78, 5) is 0. The molecular weight excluding hydrogens is 234 g/mol. The summed E-state index contributed by atoms with van der Waals surface area (Å²) in [7, 11) is 0. The lowest BCUT2D eigenvalue weighted by atomic mass is 10.1. The minimum Gasteiger partial charge on any atom is -0.454 e. The van der Waals surface area contributed by atoms with E-state index in [2.05, 4.69) is 5.92 Å². The molecule has 90 valence electrons. The molecule has 0 atom stereocenters. The molecule has 18 heavy (non-hydrogen) atoms. The number of hydrogen-bond acceptors (Lipinski definition) is 1. The van der Waals surface area contributed by atoms with Crippen molar-refractivity contribution in [1.29, 1.82) is 0 Å². The maximum absolute atomic E-state index is 13.5. The number of benzene rings is 2. The molecule has 0 aliphatic rings. The van der Waals surface area contributed by atoms with Gasteiger partial charge in [-0.05, 0) is 42.0 Å². The van der Waals surface area contributed by atoms with Crippen LogP contribution in [0.3, 0.4) is 0 Å². The van der Waals surface area contributed by atoms with Crippen LogP contribution in [0.15, 0.2) is 42.5 Å². The van der Waals surface area contributed by atoms with E-state index in [1.807, 2.05) is 0 Å². The van der Waals surface area contributed by atoms with E-state index in [-0.39, 0.29) is 11.6 Å². The van der Waals surface area contributed by atoms with Gasteiger partial charge in [0.1, 0.15) is 11.6 Å². The van der Waals surface area contributed by atoms with Crippen molar-refractivity contribution < 1.29 is 13.5 Å². The molecule has 2 aromatic rings. The predicted octanol–water partition coefficient (Wildman–Crippen LogP) is 3.93. The van der Waals surface area contributed by atoms with Gasteiger partial charge in [0.05, 0.1) is 0 Å². The number of halogens is 2. The van der Waals surface area contributed by atoms with Gasteiger partial charge in [0, 0.05) is 6.42 Å². The van der Waals surface area contributed by atoms with Crippen LogP contribution >= 0.6 is 0 Å². The third-order valence-corrected chi connectivity index (χ3v) is 2.34. The Morgan fingerprint density at radius 3 is 2.44 bits per heavy atom. The molecule has 3 heteroatoms. The van der Waals surface area contributed by atoms with Crippen LogP contribution in [-0.2, 0) is 6.42 Å². The fraction of sp³-hybridized carbons (Fsp3) is 0.0667. The lowest BCUT2D eigenvalue weighted by Crippen LogP contribution is -1.91. The van der Waals surface area contributed by atoms with Gasteiger partial charge in [-0.3, -0.25) is 0 Å². The second-order valence-electron chi connectivity index (χ2n) is 3.70. The first-order valence-electron chi connectivity index (χ1n) is 5.34. The second kappa shape index (κ2) is 5.33. The zero-order valence-corrected chi connectivity index (χ0v) is 9.49. The smallest absolute Gasteiger partial charge is 0.165 e. The van der Waals surface area contributed by atoms with Crippen LogP contribution in [0.25, 0.3) is 0 Å². The van der Waals surface area contributed by atoms with Crippen molar-refractivity contribution >= 4 is 0 Å². The van der Waals surface area contributed by atoms with E-state index in [1.165, 1.54) is 30.3 Å². The molecule has 0 fully saturated rings. The van der Waals surface area contributed by atoms with Gasteiger partial charge in [0.25, 0.3) is 0 Å². The van der Waals surface area contributed by atoms with Gasteiger partial charge in [-0.1, -0.05) is 6.07 Å². The molecule has 1 nitrogen and oxygen atoms in total. The van der Waals surface area contributed by atoms with E-state index < -0.39 is 5.82 Å². The Morgan fingerprint density at radius 1 is 1.06 bits per heavy atom. The summed E-state index contributed by atoms with van der Waals surface area (Å²) >= 11 is 0. The second-order valence-corrected chi connectivity index (χ2v) is 3.70. The maximum atomic E-state index is 13.5. The summed E-state index contributed by atoms with van der Waals surface area (Å²) in [5, 5.41) is 0. The molecule has 2 rings (SSSR count). The minimum absolute atomic E-state index is 0.0781. The van der Waals surface area contributed by atoms with Crippen LogP contribution in [0.4, 0.5) is 8.78 Å². The SMILES string of the molecule is C#CCc1ccc(F)c(Oc2ccc(F)cc2)c1. The van der Waals surface area contributed by atoms with E-state index >= 15 is 0 Å². The topological polar surface area (TPSA) is 9.23 Å². The van der Waals surface area contributed by atoms with E-state index in [0.29, 0.717) is 12.2 Å². The fourth-order valence-electron chi connectivity index (χ4n) is 1.48. The van der Waals surface area contributed by atoms with E-state index in [9.17, 15) is 8.78 Å². The summed E-state index contributed by atoms with van der Waals surface area (Å²) in [6.45, 7) is 0. The molecule has 0 bridgehead atoms. The Morgan fingerprint density at radius 2 is 1.78 bits per heavy atom. The molecule has 0 N–H and O–H groups in total. The molecule has 0 saturated heterocycles. The molecule has 0 aliphatic heterocycles. The van der Waals surface area contributed by atoms with Gasteiger partial charge in [0.2, 0.25) is 0 Å². The van der Waals surface area contributed by atoms with Crippen LogP contribution in [0, 0.1) is 24.0 Å². The van der Waals surface area contributed by atoms with Crippen LogP contribution in [0.2, 0.25) is 0 Å². The summed E-state index contributed by atoms with van der Waals surface area (Å²) in [5.74, 6) is 2.06. The van der Waals surface area contributed by atoms with Gasteiger partial charge < -0.3 is 4.74 Å². The summed E-state index contributed by atoms with van der Waals surface area (Å²) < 4.78 is 31.6. The number of ether oxygens (including phenoxy) is 1. The Labute approximate surface area is 104 Å². The third kappa shape index (κ3) is 2.86. The van der Waals surface area contributed by atoms with Gasteiger partial charge in [-0.2, -0.15) is 0 Å². The quantitative estimate of drug-likeness (QED) is 0.743. The van der Waals surface area contributed by atoms with Crippen molar-refractivity contribution in [3.05, 3.63) is 59.7 Å². The summed E-state index contributed by atoms with van der Waals surface area (Å²) in [6, 6.07) is 9.80. The van der Waals surface area contributed by atoms with Crippen molar-refractivity contribution in [2.45, 2.75) is 6.42 Å². The molecule has 0 spiro atoms. The Bertz CT molecular complexity index is 582. The highest BCUT2D eigenvalue weighted by atomic mass is 19.1. The normalized spacial score (nSPS) is 9.83. The lowest BCUT2D eigenvalue weighted by molar-refractivity contribution is 0.440. The Kier molecular flexibility index (Phi) is 3.59. The highest BCUT2D eigenvalue weighted by Gasteiger charge is 2.06. The average Bonchev–Trinajstić information content (AvgIpc) is 2.36. The number of hydrogen-bond donors (Lipinski definition) is 0. The average molecular weight is 244 g/mol. The van der Waals surface area contributed by atoms with Crippen molar-refractivity contribution in [3.8, 4) is 23.8 Å². The third-order valence-electron chi connectivity index (χ3n) is 2.34. The number of terminal acetylenes is 1. The zero-order chi connectivity index (χ0) is 13.0. The van der Waals surface area contributed by atoms with Gasteiger partial charge in [-0.15, -0.1) is 12.3 Å². The lowest BCUT2D eigenvalue weighted by Gasteiger charge is -2.08. The molecule has 0 unspecified atom stereocenters. The maximum Gasteiger partial charge on any atom is 0.165 e. The van der Waals surface area contributed by atoms with Crippen LogP contribution in [0.5, 0.6) is 11.5 Å². The first kappa shape index (κ1) is 12.1. The largest absolute Gasteiger partial charge is 0.454 e. The Balaban J connectivity index is 2.25. The van der Waals surface area contributed by atoms with E-state index in [0.717, 1.165) is 5.56 Å². The fourth-order valence-corrected chi connectivity index (χ4v) is 1.48. The molecule has 0 aliphatic carbocycles. The van der Waals surface area contributed by atoms with Gasteiger partial charge in [-0.25, -0.2) is 8.78 Å². The monoisotopic (exact) mass is 244 g/mol. The number of rotatable bonds is 3. The van der Waals surface area contributed by atoms with E-state index in [4.69, 9.17) is 11.2 Å². The highest BCUT2D eigenvalue weighted by Crippen LogP contribution is 2.25. The first-order valence-corrected chi connectivity index (χ1v) is 5.34. The zero-order valence-electron chi connectivity index (χ0n) is 9.49. The predicted molar refractivity (Wildman–Crippen MR) is 65.4 cm³/mol. The minimum atomic E-state index is -0.486.